The van der Waals surface area contributed by atoms with Gasteiger partial charge in [-0.3, -0.25) is 0 Å². The molecule has 0 aliphatic heterocycles. The Morgan fingerprint density at radius 1 is 1.14 bits per heavy atom. The average Bonchev–Trinajstić information content (AvgIpc) is 3.11. The summed E-state index contributed by atoms with van der Waals surface area (Å²) in [6.45, 7) is 0. The van der Waals surface area contributed by atoms with E-state index < -0.39 is 0 Å². The molecule has 2 heterocycles. The van der Waals surface area contributed by atoms with Gasteiger partial charge in [-0.2, -0.15) is 9.78 Å². The topological polar surface area (TPSA) is 39.9 Å². The molecular weight excluding hydrogens is 350 g/mol. The van der Waals surface area contributed by atoms with E-state index in [0.29, 0.717) is 0 Å². The third kappa shape index (κ3) is 1.94. The van der Waals surface area contributed by atoms with Crippen LogP contribution in [0.15, 0.2) is 46.4 Å². The molecule has 104 valence electrons. The van der Waals surface area contributed by atoms with Gasteiger partial charge < -0.3 is 4.74 Å². The monoisotopic (exact) mass is 359 g/mol. The van der Waals surface area contributed by atoms with Crippen LogP contribution in [-0.2, 0) is 0 Å². The van der Waals surface area contributed by atoms with Gasteiger partial charge in [-0.05, 0) is 36.4 Å². The summed E-state index contributed by atoms with van der Waals surface area (Å²) in [7, 11) is 1.67. The number of hydrogen-bond donors (Lipinski definition) is 0. The normalized spacial score (nSPS) is 11.3. The second kappa shape index (κ2) is 4.82. The van der Waals surface area contributed by atoms with Crippen LogP contribution in [0.3, 0.4) is 0 Å². The van der Waals surface area contributed by atoms with Gasteiger partial charge in [0.2, 0.25) is 5.88 Å². The second-order valence-corrected chi connectivity index (χ2v) is 6.33. The SMILES string of the molecule is COc1c2ccc3ncsc3c2nn1-c1ccc(Br)cc1. The van der Waals surface area contributed by atoms with Crippen molar-refractivity contribution in [3.63, 3.8) is 0 Å². The molecule has 4 nitrogen and oxygen atoms in total. The first-order chi connectivity index (χ1) is 10.3. The zero-order valence-electron chi connectivity index (χ0n) is 11.1. The van der Waals surface area contributed by atoms with E-state index in [2.05, 4.69) is 20.9 Å². The molecule has 0 radical (unpaired) electrons. The highest BCUT2D eigenvalue weighted by Crippen LogP contribution is 2.34. The first-order valence-corrected chi connectivity index (χ1v) is 8.00. The third-order valence-corrected chi connectivity index (χ3v) is 4.74. The fraction of sp³-hybridized carbons (Fsp3) is 0.0667. The van der Waals surface area contributed by atoms with Gasteiger partial charge in [0.05, 0.1) is 33.9 Å². The fourth-order valence-corrected chi connectivity index (χ4v) is 3.44. The van der Waals surface area contributed by atoms with Crippen molar-refractivity contribution in [3.8, 4) is 11.6 Å². The molecule has 0 bridgehead atoms. The minimum absolute atomic E-state index is 0.739. The number of nitrogens with zero attached hydrogens (tertiary/aromatic N) is 3. The van der Waals surface area contributed by atoms with Gasteiger partial charge >= 0.3 is 0 Å². The van der Waals surface area contributed by atoms with Crippen molar-refractivity contribution < 1.29 is 4.74 Å². The van der Waals surface area contributed by atoms with E-state index in [9.17, 15) is 0 Å². The summed E-state index contributed by atoms with van der Waals surface area (Å²) in [5, 5.41) is 5.73. The highest BCUT2D eigenvalue weighted by Gasteiger charge is 2.16. The molecule has 0 N–H and O–H groups in total. The number of methoxy groups -OCH3 is 1. The molecular formula is C15H10BrN3OS. The Morgan fingerprint density at radius 2 is 1.95 bits per heavy atom. The van der Waals surface area contributed by atoms with E-state index in [1.165, 1.54) is 0 Å². The summed E-state index contributed by atoms with van der Waals surface area (Å²) >= 11 is 5.05. The minimum Gasteiger partial charge on any atom is -0.480 e. The number of ether oxygens (including phenoxy) is 1. The maximum atomic E-state index is 5.58. The van der Waals surface area contributed by atoms with Crippen LogP contribution in [0, 0.1) is 0 Å². The molecule has 0 unspecified atom stereocenters. The van der Waals surface area contributed by atoms with Crippen molar-refractivity contribution in [2.75, 3.05) is 7.11 Å². The van der Waals surface area contributed by atoms with Crippen LogP contribution in [-0.4, -0.2) is 21.9 Å². The number of rotatable bonds is 2. The molecule has 21 heavy (non-hydrogen) atoms. The van der Waals surface area contributed by atoms with Crippen molar-refractivity contribution in [1.82, 2.24) is 14.8 Å². The lowest BCUT2D eigenvalue weighted by Crippen LogP contribution is -1.99. The van der Waals surface area contributed by atoms with Crippen molar-refractivity contribution in [1.29, 1.82) is 0 Å². The standard InChI is InChI=1S/C15H10BrN3OS/c1-20-15-11-6-7-12-14(21-8-17-12)13(11)18-19(15)10-4-2-9(16)3-5-10/h2-8H,1H3. The van der Waals surface area contributed by atoms with Crippen LogP contribution in [0.1, 0.15) is 0 Å². The third-order valence-electron chi connectivity index (χ3n) is 3.36. The maximum absolute atomic E-state index is 5.58. The van der Waals surface area contributed by atoms with E-state index in [4.69, 9.17) is 9.84 Å². The average molecular weight is 360 g/mol. The lowest BCUT2D eigenvalue weighted by atomic mass is 10.2. The molecule has 0 aliphatic rings. The van der Waals surface area contributed by atoms with Gasteiger partial charge in [0.1, 0.15) is 5.52 Å². The number of hydrogen-bond acceptors (Lipinski definition) is 4. The Morgan fingerprint density at radius 3 is 2.71 bits per heavy atom. The Bertz CT molecular complexity index is 943. The van der Waals surface area contributed by atoms with Crippen molar-refractivity contribution in [3.05, 3.63) is 46.4 Å². The Labute approximate surface area is 133 Å². The second-order valence-electron chi connectivity index (χ2n) is 4.56. The van der Waals surface area contributed by atoms with Crippen LogP contribution in [0.5, 0.6) is 5.88 Å². The van der Waals surface area contributed by atoms with E-state index in [1.54, 1.807) is 18.4 Å². The predicted molar refractivity (Wildman–Crippen MR) is 88.5 cm³/mol. The van der Waals surface area contributed by atoms with Crippen LogP contribution in [0.4, 0.5) is 0 Å². The Hall–Kier alpha value is -1.92. The van der Waals surface area contributed by atoms with E-state index in [1.807, 2.05) is 46.6 Å². The van der Waals surface area contributed by atoms with Gasteiger partial charge in [0.25, 0.3) is 0 Å². The Kier molecular flexibility index (Phi) is 2.94. The zero-order valence-corrected chi connectivity index (χ0v) is 13.5. The van der Waals surface area contributed by atoms with E-state index >= 15 is 0 Å². The van der Waals surface area contributed by atoms with Gasteiger partial charge in [-0.15, -0.1) is 11.3 Å². The molecule has 0 saturated heterocycles. The molecule has 2 aromatic carbocycles. The van der Waals surface area contributed by atoms with Crippen molar-refractivity contribution in [2.24, 2.45) is 0 Å². The number of aromatic nitrogens is 3. The molecule has 0 spiro atoms. The van der Waals surface area contributed by atoms with Crippen molar-refractivity contribution in [2.45, 2.75) is 0 Å². The predicted octanol–water partition coefficient (Wildman–Crippen LogP) is 4.41. The van der Waals surface area contributed by atoms with E-state index in [-0.39, 0.29) is 0 Å². The summed E-state index contributed by atoms with van der Waals surface area (Å²) in [5.41, 5.74) is 4.70. The molecule has 0 amide bonds. The first kappa shape index (κ1) is 12.8. The number of benzene rings is 2. The molecule has 6 heteroatoms. The molecule has 2 aromatic heterocycles. The van der Waals surface area contributed by atoms with Gasteiger partial charge in [-0.1, -0.05) is 15.9 Å². The highest BCUT2D eigenvalue weighted by molar-refractivity contribution is 9.10. The smallest absolute Gasteiger partial charge is 0.224 e. The van der Waals surface area contributed by atoms with Crippen LogP contribution >= 0.6 is 27.3 Å². The summed E-state index contributed by atoms with van der Waals surface area (Å²) in [4.78, 5) is 4.34. The van der Waals surface area contributed by atoms with E-state index in [0.717, 1.165) is 37.2 Å². The molecule has 0 aliphatic carbocycles. The van der Waals surface area contributed by atoms with Gasteiger partial charge in [0, 0.05) is 4.47 Å². The largest absolute Gasteiger partial charge is 0.480 e. The van der Waals surface area contributed by atoms with Crippen LogP contribution in [0.25, 0.3) is 26.8 Å². The quantitative estimate of drug-likeness (QED) is 0.532. The van der Waals surface area contributed by atoms with Gasteiger partial charge in [-0.25, -0.2) is 4.98 Å². The summed E-state index contributed by atoms with van der Waals surface area (Å²) in [6.07, 6.45) is 0. The summed E-state index contributed by atoms with van der Waals surface area (Å²) in [5.74, 6) is 0.739. The van der Waals surface area contributed by atoms with Crippen molar-refractivity contribution >= 4 is 48.4 Å². The number of halogens is 1. The summed E-state index contributed by atoms with van der Waals surface area (Å²) < 4.78 is 9.53. The summed E-state index contributed by atoms with van der Waals surface area (Å²) in [6, 6.07) is 12.0. The fourth-order valence-electron chi connectivity index (χ4n) is 2.40. The van der Waals surface area contributed by atoms with Gasteiger partial charge in [0.15, 0.2) is 0 Å². The lowest BCUT2D eigenvalue weighted by molar-refractivity contribution is 0.388. The molecule has 0 saturated carbocycles. The molecule has 0 fully saturated rings. The first-order valence-electron chi connectivity index (χ1n) is 6.33. The maximum Gasteiger partial charge on any atom is 0.224 e. The molecule has 0 atom stereocenters. The molecule has 4 rings (SSSR count). The highest BCUT2D eigenvalue weighted by atomic mass is 79.9. The number of fused-ring (bicyclic) bond motifs is 3. The Balaban J connectivity index is 2.06. The van der Waals surface area contributed by atoms with Crippen LogP contribution in [0.2, 0.25) is 0 Å². The lowest BCUT2D eigenvalue weighted by Gasteiger charge is -2.06. The number of thiazole rings is 1. The minimum atomic E-state index is 0.739. The van der Waals surface area contributed by atoms with Crippen LogP contribution < -0.4 is 4.74 Å². The molecule has 4 aromatic rings. The zero-order chi connectivity index (χ0) is 14.4.